The molecule has 0 aliphatic rings. The summed E-state index contributed by atoms with van der Waals surface area (Å²) in [5, 5.41) is 0. The predicted octanol–water partition coefficient (Wildman–Crippen LogP) is 2.61. The van der Waals surface area contributed by atoms with Crippen molar-refractivity contribution in [2.24, 2.45) is 0 Å². The van der Waals surface area contributed by atoms with Gasteiger partial charge < -0.3 is 0 Å². The van der Waals surface area contributed by atoms with Crippen LogP contribution in [0.15, 0.2) is 35.3 Å². The normalized spacial score (nSPS) is 10.1. The molecule has 2 heterocycles. The Hall–Kier alpha value is -1.29. The number of hydrogen-bond donors (Lipinski definition) is 0. The molecule has 0 amide bonds. The predicted molar refractivity (Wildman–Crippen MR) is 57.7 cm³/mol. The summed E-state index contributed by atoms with van der Waals surface area (Å²) in [7, 11) is 0. The fourth-order valence-electron chi connectivity index (χ4n) is 1.11. The highest BCUT2D eigenvalue weighted by Crippen LogP contribution is 2.17. The van der Waals surface area contributed by atoms with Crippen molar-refractivity contribution in [2.45, 2.75) is 6.92 Å². The Morgan fingerprint density at radius 3 is 2.64 bits per heavy atom. The van der Waals surface area contributed by atoms with Crippen LogP contribution in [0, 0.1) is 6.92 Å². The van der Waals surface area contributed by atoms with Crippen LogP contribution in [0.1, 0.15) is 5.69 Å². The largest absolute Gasteiger partial charge is 0.261 e. The molecule has 2 rings (SSSR count). The summed E-state index contributed by atoms with van der Waals surface area (Å²) >= 11 is 3.30. The standard InChI is InChI=1S/C10H8BrN3/c1-7-2-3-8(5-12-7)9-4-10(11)14-6-13-9/h2-6H,1H3. The van der Waals surface area contributed by atoms with Crippen molar-refractivity contribution in [3.8, 4) is 11.3 Å². The second kappa shape index (κ2) is 3.84. The Kier molecular flexibility index (Phi) is 2.54. The van der Waals surface area contributed by atoms with Gasteiger partial charge in [-0.1, -0.05) is 0 Å². The lowest BCUT2D eigenvalue weighted by Crippen LogP contribution is -1.87. The van der Waals surface area contributed by atoms with Crippen LogP contribution in [0.2, 0.25) is 0 Å². The molecule has 0 unspecified atom stereocenters. The van der Waals surface area contributed by atoms with Gasteiger partial charge in [-0.3, -0.25) is 4.98 Å². The third-order valence-corrected chi connectivity index (χ3v) is 2.27. The van der Waals surface area contributed by atoms with Gasteiger partial charge in [0, 0.05) is 17.5 Å². The summed E-state index contributed by atoms with van der Waals surface area (Å²) in [5.74, 6) is 0. The van der Waals surface area contributed by atoms with Crippen LogP contribution < -0.4 is 0 Å². The van der Waals surface area contributed by atoms with E-state index in [4.69, 9.17) is 0 Å². The quantitative estimate of drug-likeness (QED) is 0.730. The first kappa shape index (κ1) is 9.27. The zero-order chi connectivity index (χ0) is 9.97. The molecule has 0 aliphatic heterocycles. The lowest BCUT2D eigenvalue weighted by molar-refractivity contribution is 1.13. The minimum Gasteiger partial charge on any atom is -0.261 e. The number of nitrogens with zero attached hydrogens (tertiary/aromatic N) is 3. The Labute approximate surface area is 90.4 Å². The summed E-state index contributed by atoms with van der Waals surface area (Å²) in [6, 6.07) is 5.83. The van der Waals surface area contributed by atoms with Crippen molar-refractivity contribution in [1.82, 2.24) is 15.0 Å². The number of halogens is 1. The molecular formula is C10H8BrN3. The molecule has 0 saturated carbocycles. The number of pyridine rings is 1. The molecule has 0 saturated heterocycles. The van der Waals surface area contributed by atoms with Crippen molar-refractivity contribution < 1.29 is 0 Å². The summed E-state index contributed by atoms with van der Waals surface area (Å²) < 4.78 is 0.781. The average molecular weight is 250 g/mol. The Morgan fingerprint density at radius 2 is 2.00 bits per heavy atom. The first-order valence-electron chi connectivity index (χ1n) is 4.16. The second-order valence-corrected chi connectivity index (χ2v) is 3.73. The molecule has 0 N–H and O–H groups in total. The fraction of sp³-hybridized carbons (Fsp3) is 0.100. The van der Waals surface area contributed by atoms with Gasteiger partial charge in [0.2, 0.25) is 0 Å². The van der Waals surface area contributed by atoms with E-state index in [1.807, 2.05) is 31.3 Å². The highest BCUT2D eigenvalue weighted by Gasteiger charge is 1.99. The van der Waals surface area contributed by atoms with Gasteiger partial charge in [-0.2, -0.15) is 0 Å². The van der Waals surface area contributed by atoms with Gasteiger partial charge in [-0.25, -0.2) is 9.97 Å². The molecule has 2 aromatic heterocycles. The van der Waals surface area contributed by atoms with Crippen LogP contribution in [-0.2, 0) is 0 Å². The number of hydrogen-bond acceptors (Lipinski definition) is 3. The molecule has 14 heavy (non-hydrogen) atoms. The number of rotatable bonds is 1. The molecule has 0 spiro atoms. The third-order valence-electron chi connectivity index (χ3n) is 1.84. The first-order chi connectivity index (χ1) is 6.75. The van der Waals surface area contributed by atoms with E-state index in [9.17, 15) is 0 Å². The van der Waals surface area contributed by atoms with Gasteiger partial charge >= 0.3 is 0 Å². The van der Waals surface area contributed by atoms with Gasteiger partial charge in [0.1, 0.15) is 10.9 Å². The Morgan fingerprint density at radius 1 is 1.14 bits per heavy atom. The smallest absolute Gasteiger partial charge is 0.117 e. The molecule has 0 aromatic carbocycles. The summed E-state index contributed by atoms with van der Waals surface area (Å²) in [4.78, 5) is 12.3. The Bertz CT molecular complexity index is 439. The van der Waals surface area contributed by atoms with Crippen LogP contribution >= 0.6 is 15.9 Å². The molecule has 0 aliphatic carbocycles. The van der Waals surface area contributed by atoms with Crippen LogP contribution in [0.25, 0.3) is 11.3 Å². The molecular weight excluding hydrogens is 242 g/mol. The van der Waals surface area contributed by atoms with E-state index in [1.54, 1.807) is 0 Å². The average Bonchev–Trinajstić information content (AvgIpc) is 2.19. The van der Waals surface area contributed by atoms with Crippen molar-refractivity contribution in [3.05, 3.63) is 41.0 Å². The fourth-order valence-corrected chi connectivity index (χ4v) is 1.42. The molecule has 3 nitrogen and oxygen atoms in total. The number of aryl methyl sites for hydroxylation is 1. The maximum Gasteiger partial charge on any atom is 0.117 e. The lowest BCUT2D eigenvalue weighted by atomic mass is 10.2. The van der Waals surface area contributed by atoms with E-state index >= 15 is 0 Å². The molecule has 70 valence electrons. The SMILES string of the molecule is Cc1ccc(-c2cc(Br)ncn2)cn1. The third kappa shape index (κ3) is 1.96. The molecule has 4 heteroatoms. The van der Waals surface area contributed by atoms with E-state index in [1.165, 1.54) is 6.33 Å². The highest BCUT2D eigenvalue weighted by molar-refractivity contribution is 9.10. The van der Waals surface area contributed by atoms with Crippen LogP contribution in [0.4, 0.5) is 0 Å². The molecule has 0 fully saturated rings. The summed E-state index contributed by atoms with van der Waals surface area (Å²) in [5.41, 5.74) is 2.87. The topological polar surface area (TPSA) is 38.7 Å². The van der Waals surface area contributed by atoms with Crippen LogP contribution in [-0.4, -0.2) is 15.0 Å². The van der Waals surface area contributed by atoms with Gasteiger partial charge in [0.25, 0.3) is 0 Å². The molecule has 0 atom stereocenters. The van der Waals surface area contributed by atoms with Gasteiger partial charge in [-0.15, -0.1) is 0 Å². The van der Waals surface area contributed by atoms with E-state index in [0.29, 0.717) is 0 Å². The van der Waals surface area contributed by atoms with E-state index in [-0.39, 0.29) is 0 Å². The molecule has 2 aromatic rings. The zero-order valence-corrected chi connectivity index (χ0v) is 9.19. The van der Waals surface area contributed by atoms with Crippen molar-refractivity contribution in [3.63, 3.8) is 0 Å². The highest BCUT2D eigenvalue weighted by atomic mass is 79.9. The maximum absolute atomic E-state index is 4.21. The van der Waals surface area contributed by atoms with E-state index in [2.05, 4.69) is 30.9 Å². The van der Waals surface area contributed by atoms with E-state index < -0.39 is 0 Å². The lowest BCUT2D eigenvalue weighted by Gasteiger charge is -2.00. The Balaban J connectivity index is 2.44. The number of aromatic nitrogens is 3. The van der Waals surface area contributed by atoms with Crippen molar-refractivity contribution in [2.75, 3.05) is 0 Å². The van der Waals surface area contributed by atoms with Crippen molar-refractivity contribution in [1.29, 1.82) is 0 Å². The minimum absolute atomic E-state index is 0.781. The maximum atomic E-state index is 4.21. The van der Waals surface area contributed by atoms with Gasteiger partial charge in [0.15, 0.2) is 0 Å². The van der Waals surface area contributed by atoms with Gasteiger partial charge in [-0.05, 0) is 41.1 Å². The minimum atomic E-state index is 0.781. The second-order valence-electron chi connectivity index (χ2n) is 2.91. The summed E-state index contributed by atoms with van der Waals surface area (Å²) in [6.07, 6.45) is 3.34. The van der Waals surface area contributed by atoms with Crippen LogP contribution in [0.5, 0.6) is 0 Å². The summed E-state index contributed by atoms with van der Waals surface area (Å²) in [6.45, 7) is 1.96. The molecule has 0 radical (unpaired) electrons. The molecule has 0 bridgehead atoms. The monoisotopic (exact) mass is 249 g/mol. The van der Waals surface area contributed by atoms with E-state index in [0.717, 1.165) is 21.6 Å². The van der Waals surface area contributed by atoms with Crippen molar-refractivity contribution >= 4 is 15.9 Å². The van der Waals surface area contributed by atoms with Crippen LogP contribution in [0.3, 0.4) is 0 Å². The first-order valence-corrected chi connectivity index (χ1v) is 4.95. The zero-order valence-electron chi connectivity index (χ0n) is 7.61. The van der Waals surface area contributed by atoms with Gasteiger partial charge in [0.05, 0.1) is 5.69 Å².